The summed E-state index contributed by atoms with van der Waals surface area (Å²) in [5.41, 5.74) is 0.989. The number of carbonyl (C=O) groups excluding carboxylic acids is 2. The van der Waals surface area contributed by atoms with Crippen molar-refractivity contribution in [3.8, 4) is 5.75 Å². The Morgan fingerprint density at radius 2 is 1.85 bits per heavy atom. The number of aromatic hydroxyl groups is 1. The van der Waals surface area contributed by atoms with Crippen LogP contribution in [0.5, 0.6) is 5.75 Å². The number of phenolic OH excluding ortho intramolecular Hbond substituents is 1. The van der Waals surface area contributed by atoms with Crippen LogP contribution < -0.4 is 0 Å². The predicted molar refractivity (Wildman–Crippen MR) is 95.4 cm³/mol. The SMILES string of the molecule is COCCN1C(=O)C(=O)/C(=C(/O)c2ccccc2)[C@@H]1c1cccc(O)c1. The zero-order chi connectivity index (χ0) is 18.7. The molecule has 0 aliphatic carbocycles. The Balaban J connectivity index is 2.16. The van der Waals surface area contributed by atoms with Gasteiger partial charge in [-0.1, -0.05) is 42.5 Å². The molecule has 1 aliphatic rings. The molecular formula is C20H19NO5. The molecule has 1 amide bonds. The summed E-state index contributed by atoms with van der Waals surface area (Å²) in [5.74, 6) is -1.68. The first kappa shape index (κ1) is 17.7. The van der Waals surface area contributed by atoms with E-state index in [0.717, 1.165) is 0 Å². The molecule has 0 unspecified atom stereocenters. The monoisotopic (exact) mass is 353 g/mol. The molecule has 1 heterocycles. The molecule has 2 aromatic rings. The summed E-state index contributed by atoms with van der Waals surface area (Å²) >= 11 is 0. The van der Waals surface area contributed by atoms with Crippen LogP contribution in [0.4, 0.5) is 0 Å². The van der Waals surface area contributed by atoms with Crippen molar-refractivity contribution >= 4 is 17.4 Å². The first-order valence-electron chi connectivity index (χ1n) is 8.16. The van der Waals surface area contributed by atoms with Gasteiger partial charge in [-0.05, 0) is 17.7 Å². The van der Waals surface area contributed by atoms with Crippen LogP contribution in [0.3, 0.4) is 0 Å². The third-order valence-electron chi connectivity index (χ3n) is 4.31. The molecular weight excluding hydrogens is 334 g/mol. The van der Waals surface area contributed by atoms with Crippen LogP contribution in [0, 0.1) is 0 Å². The van der Waals surface area contributed by atoms with Gasteiger partial charge in [0.05, 0.1) is 18.2 Å². The number of nitrogens with zero attached hydrogens (tertiary/aromatic N) is 1. The molecule has 0 aromatic heterocycles. The van der Waals surface area contributed by atoms with Crippen molar-refractivity contribution in [3.63, 3.8) is 0 Å². The molecule has 0 spiro atoms. The van der Waals surface area contributed by atoms with E-state index in [1.165, 1.54) is 24.1 Å². The molecule has 3 rings (SSSR count). The molecule has 6 nitrogen and oxygen atoms in total. The highest BCUT2D eigenvalue weighted by Crippen LogP contribution is 2.39. The topological polar surface area (TPSA) is 87.1 Å². The Kier molecular flexibility index (Phi) is 5.04. The third-order valence-corrected chi connectivity index (χ3v) is 4.31. The number of benzene rings is 2. The van der Waals surface area contributed by atoms with Crippen molar-refractivity contribution in [2.45, 2.75) is 6.04 Å². The number of likely N-dealkylation sites (tertiary alicyclic amines) is 1. The molecule has 1 aliphatic heterocycles. The number of amides is 1. The van der Waals surface area contributed by atoms with E-state index in [2.05, 4.69) is 0 Å². The van der Waals surface area contributed by atoms with Crippen molar-refractivity contribution in [3.05, 3.63) is 71.3 Å². The number of hydrogen-bond donors (Lipinski definition) is 2. The molecule has 0 bridgehead atoms. The zero-order valence-electron chi connectivity index (χ0n) is 14.3. The average Bonchev–Trinajstić information content (AvgIpc) is 2.91. The lowest BCUT2D eigenvalue weighted by atomic mass is 9.95. The Morgan fingerprint density at radius 1 is 1.12 bits per heavy atom. The second kappa shape index (κ2) is 7.41. The highest BCUT2D eigenvalue weighted by Gasteiger charge is 2.45. The third kappa shape index (κ3) is 3.19. The van der Waals surface area contributed by atoms with Crippen molar-refractivity contribution in [2.24, 2.45) is 0 Å². The van der Waals surface area contributed by atoms with Crippen LogP contribution in [-0.4, -0.2) is 47.1 Å². The Bertz CT molecular complexity index is 860. The minimum absolute atomic E-state index is 0.00269. The van der Waals surface area contributed by atoms with Crippen molar-refractivity contribution in [2.75, 3.05) is 20.3 Å². The van der Waals surface area contributed by atoms with E-state index in [0.29, 0.717) is 11.1 Å². The zero-order valence-corrected chi connectivity index (χ0v) is 14.3. The number of rotatable bonds is 5. The Labute approximate surface area is 150 Å². The minimum Gasteiger partial charge on any atom is -0.508 e. The summed E-state index contributed by atoms with van der Waals surface area (Å²) in [5, 5.41) is 20.6. The van der Waals surface area contributed by atoms with Gasteiger partial charge in [-0.2, -0.15) is 0 Å². The van der Waals surface area contributed by atoms with Gasteiger partial charge in [-0.3, -0.25) is 9.59 Å². The average molecular weight is 353 g/mol. The van der Waals surface area contributed by atoms with Gasteiger partial charge in [-0.15, -0.1) is 0 Å². The highest BCUT2D eigenvalue weighted by molar-refractivity contribution is 6.46. The Morgan fingerprint density at radius 3 is 2.50 bits per heavy atom. The van der Waals surface area contributed by atoms with Gasteiger partial charge in [0, 0.05) is 19.2 Å². The summed E-state index contributed by atoms with van der Waals surface area (Å²) < 4.78 is 5.04. The maximum absolute atomic E-state index is 12.6. The van der Waals surface area contributed by atoms with E-state index in [9.17, 15) is 19.8 Å². The molecule has 1 saturated heterocycles. The van der Waals surface area contributed by atoms with E-state index in [-0.39, 0.29) is 30.2 Å². The van der Waals surface area contributed by atoms with Crippen molar-refractivity contribution < 1.29 is 24.5 Å². The predicted octanol–water partition coefficient (Wildman–Crippen LogP) is 2.46. The second-order valence-corrected chi connectivity index (χ2v) is 5.95. The fraction of sp³-hybridized carbons (Fsp3) is 0.200. The van der Waals surface area contributed by atoms with Gasteiger partial charge >= 0.3 is 0 Å². The molecule has 134 valence electrons. The van der Waals surface area contributed by atoms with Crippen molar-refractivity contribution in [1.82, 2.24) is 4.90 Å². The lowest BCUT2D eigenvalue weighted by Crippen LogP contribution is -2.32. The van der Waals surface area contributed by atoms with Gasteiger partial charge in [-0.25, -0.2) is 0 Å². The van der Waals surface area contributed by atoms with Crippen LogP contribution in [0.2, 0.25) is 0 Å². The first-order chi connectivity index (χ1) is 12.5. The number of aliphatic hydroxyl groups is 1. The molecule has 1 atom stereocenters. The van der Waals surface area contributed by atoms with Crippen LogP contribution in [0.25, 0.3) is 5.76 Å². The number of methoxy groups -OCH3 is 1. The lowest BCUT2D eigenvalue weighted by molar-refractivity contribution is -0.140. The van der Waals surface area contributed by atoms with Crippen LogP contribution >= 0.6 is 0 Å². The number of Topliss-reactive ketones (excluding diaryl/α,β-unsaturated/α-hetero) is 1. The maximum Gasteiger partial charge on any atom is 0.295 e. The van der Waals surface area contributed by atoms with E-state index in [1.54, 1.807) is 42.5 Å². The van der Waals surface area contributed by atoms with Gasteiger partial charge in [0.25, 0.3) is 11.7 Å². The first-order valence-corrected chi connectivity index (χ1v) is 8.16. The largest absolute Gasteiger partial charge is 0.508 e. The van der Waals surface area contributed by atoms with E-state index in [4.69, 9.17) is 4.74 Å². The van der Waals surface area contributed by atoms with Crippen LogP contribution in [0.1, 0.15) is 17.2 Å². The molecule has 6 heteroatoms. The van der Waals surface area contributed by atoms with Crippen LogP contribution in [-0.2, 0) is 14.3 Å². The fourth-order valence-electron chi connectivity index (χ4n) is 3.09. The quantitative estimate of drug-likeness (QED) is 0.490. The fourth-order valence-corrected chi connectivity index (χ4v) is 3.09. The van der Waals surface area contributed by atoms with Gasteiger partial charge in [0.2, 0.25) is 0 Å². The van der Waals surface area contributed by atoms with Gasteiger partial charge < -0.3 is 19.8 Å². The number of carbonyl (C=O) groups is 2. The van der Waals surface area contributed by atoms with Gasteiger partial charge in [0.15, 0.2) is 0 Å². The summed E-state index contributed by atoms with van der Waals surface area (Å²) in [6, 6.07) is 14.1. The Hall–Kier alpha value is -3.12. The number of ether oxygens (including phenoxy) is 1. The number of ketones is 1. The molecule has 1 fully saturated rings. The molecule has 0 saturated carbocycles. The molecule has 26 heavy (non-hydrogen) atoms. The summed E-state index contributed by atoms with van der Waals surface area (Å²) in [6.45, 7) is 0.431. The number of phenols is 1. The molecule has 2 N–H and O–H groups in total. The summed E-state index contributed by atoms with van der Waals surface area (Å²) in [4.78, 5) is 26.5. The summed E-state index contributed by atoms with van der Waals surface area (Å²) in [6.07, 6.45) is 0. The second-order valence-electron chi connectivity index (χ2n) is 5.95. The maximum atomic E-state index is 12.6. The van der Waals surface area contributed by atoms with E-state index >= 15 is 0 Å². The number of hydrogen-bond acceptors (Lipinski definition) is 5. The smallest absolute Gasteiger partial charge is 0.295 e. The van der Waals surface area contributed by atoms with E-state index in [1.807, 2.05) is 0 Å². The molecule has 0 radical (unpaired) electrons. The number of aliphatic hydroxyl groups excluding tert-OH is 1. The summed E-state index contributed by atoms with van der Waals surface area (Å²) in [7, 11) is 1.50. The minimum atomic E-state index is -0.794. The van der Waals surface area contributed by atoms with Gasteiger partial charge in [0.1, 0.15) is 11.5 Å². The van der Waals surface area contributed by atoms with Crippen LogP contribution in [0.15, 0.2) is 60.2 Å². The standard InChI is InChI=1S/C20H19NO5/c1-26-11-10-21-17(14-8-5-9-15(22)12-14)16(19(24)20(21)25)18(23)13-6-3-2-4-7-13/h2-9,12,17,22-23H,10-11H2,1H3/b18-16+/t17-/m0/s1. The normalized spacial score (nSPS) is 19.1. The lowest BCUT2D eigenvalue weighted by Gasteiger charge is -2.25. The highest BCUT2D eigenvalue weighted by atomic mass is 16.5. The molecule has 2 aromatic carbocycles. The van der Waals surface area contributed by atoms with E-state index < -0.39 is 17.7 Å². The van der Waals surface area contributed by atoms with Crippen molar-refractivity contribution in [1.29, 1.82) is 0 Å².